The first kappa shape index (κ1) is 29.4. The second kappa shape index (κ2) is 11.7. The van der Waals surface area contributed by atoms with E-state index in [1.165, 1.54) is 51.4 Å². The van der Waals surface area contributed by atoms with Crippen LogP contribution in [0.1, 0.15) is 134 Å². The summed E-state index contributed by atoms with van der Waals surface area (Å²) in [5, 5.41) is 3.44. The molecule has 0 bridgehead atoms. The lowest BCUT2D eigenvalue weighted by atomic mass is 10.1. The predicted octanol–water partition coefficient (Wildman–Crippen LogP) is 11.1. The van der Waals surface area contributed by atoms with Crippen molar-refractivity contribution in [2.45, 2.75) is 161 Å². The Morgan fingerprint density at radius 1 is 0.613 bits per heavy atom. The first-order valence-electron chi connectivity index (χ1n) is 13.2. The molecule has 0 saturated carbocycles. The number of allylic oxidation sites excluding steroid dienone is 4. The lowest BCUT2D eigenvalue weighted by Gasteiger charge is -2.53. The Balaban J connectivity index is 3.60. The van der Waals surface area contributed by atoms with Crippen molar-refractivity contribution in [3.63, 3.8) is 0 Å². The van der Waals surface area contributed by atoms with Gasteiger partial charge in [0.1, 0.15) is 0 Å². The van der Waals surface area contributed by atoms with Crippen molar-refractivity contribution in [3.05, 3.63) is 23.5 Å². The summed E-state index contributed by atoms with van der Waals surface area (Å²) in [6.07, 6.45) is 18.2. The van der Waals surface area contributed by atoms with E-state index in [1.807, 2.05) is 5.31 Å². The summed E-state index contributed by atoms with van der Waals surface area (Å²) in [6.45, 7) is 30.3. The minimum Gasteiger partial charge on any atom is -0.0834 e. The number of rotatable bonds is 14. The van der Waals surface area contributed by atoms with Crippen molar-refractivity contribution >= 4 is 15.8 Å². The van der Waals surface area contributed by atoms with Gasteiger partial charge in [0.25, 0.3) is 0 Å². The Kier molecular flexibility index (Phi) is 11.0. The van der Waals surface area contributed by atoms with E-state index in [4.69, 9.17) is 0 Å². The minimum absolute atomic E-state index is 0.184. The average molecular weight is 467 g/mol. The molecular formula is C29H56P2. The van der Waals surface area contributed by atoms with E-state index >= 15 is 0 Å². The van der Waals surface area contributed by atoms with Crippen LogP contribution < -0.4 is 0 Å². The van der Waals surface area contributed by atoms with Crippen LogP contribution in [-0.2, 0) is 0 Å². The molecule has 1 unspecified atom stereocenters. The molecule has 182 valence electrons. The number of hydrogen-bond acceptors (Lipinski definition) is 0. The van der Waals surface area contributed by atoms with Crippen molar-refractivity contribution in [3.8, 4) is 0 Å². The molecule has 0 aliphatic heterocycles. The third-order valence-corrected chi connectivity index (χ3v) is 15.4. The summed E-state index contributed by atoms with van der Waals surface area (Å²) in [6, 6.07) is 0. The van der Waals surface area contributed by atoms with Gasteiger partial charge in [-0.3, -0.25) is 0 Å². The summed E-state index contributed by atoms with van der Waals surface area (Å²) in [7, 11) is -0.413. The van der Waals surface area contributed by atoms with Gasteiger partial charge in [-0.2, -0.15) is 0 Å². The van der Waals surface area contributed by atoms with Crippen molar-refractivity contribution in [1.82, 2.24) is 0 Å². The zero-order chi connectivity index (χ0) is 24.1. The summed E-state index contributed by atoms with van der Waals surface area (Å²) >= 11 is 0. The molecule has 0 amide bonds. The van der Waals surface area contributed by atoms with Crippen LogP contribution in [0, 0.1) is 0 Å². The Hall–Kier alpha value is 0.340. The third kappa shape index (κ3) is 7.16. The van der Waals surface area contributed by atoms with Crippen LogP contribution >= 0.6 is 15.8 Å². The Labute approximate surface area is 200 Å². The van der Waals surface area contributed by atoms with Crippen LogP contribution in [-0.4, -0.2) is 26.3 Å². The predicted molar refractivity (Wildman–Crippen MR) is 151 cm³/mol. The molecule has 0 fully saturated rings. The highest BCUT2D eigenvalue weighted by atomic mass is 31.1. The molecule has 0 spiro atoms. The topological polar surface area (TPSA) is 0 Å². The SMILES string of the molecule is CCCC(C)(C)P(C1=CC=CC1P(C(C)(C)CCC)C(C)(C)CCC)C(C)(C)CCC. The third-order valence-electron chi connectivity index (χ3n) is 7.36. The Bertz CT molecular complexity index is 570. The van der Waals surface area contributed by atoms with E-state index in [9.17, 15) is 0 Å². The first-order chi connectivity index (χ1) is 14.2. The quantitative estimate of drug-likeness (QED) is 0.223. The molecule has 0 aromatic heterocycles. The molecule has 1 atom stereocenters. The monoisotopic (exact) mass is 466 g/mol. The van der Waals surface area contributed by atoms with Crippen LogP contribution in [0.4, 0.5) is 0 Å². The molecule has 0 aromatic rings. The zero-order valence-electron chi connectivity index (χ0n) is 23.4. The second-order valence-corrected chi connectivity index (χ2v) is 19.7. The van der Waals surface area contributed by atoms with E-state index in [2.05, 4.69) is 101 Å². The molecule has 0 radical (unpaired) electrons. The highest BCUT2D eigenvalue weighted by Gasteiger charge is 2.50. The lowest BCUT2D eigenvalue weighted by Crippen LogP contribution is -2.37. The van der Waals surface area contributed by atoms with Crippen molar-refractivity contribution in [1.29, 1.82) is 0 Å². The molecular weight excluding hydrogens is 410 g/mol. The van der Waals surface area contributed by atoms with Gasteiger partial charge in [-0.05, 0) is 51.6 Å². The molecule has 2 heteroatoms. The maximum absolute atomic E-state index is 2.63. The average Bonchev–Trinajstić information content (AvgIpc) is 3.01. The molecule has 0 N–H and O–H groups in total. The molecule has 0 saturated heterocycles. The van der Waals surface area contributed by atoms with Crippen LogP contribution in [0.2, 0.25) is 0 Å². The lowest BCUT2D eigenvalue weighted by molar-refractivity contribution is 0.552. The van der Waals surface area contributed by atoms with E-state index in [0.29, 0.717) is 26.3 Å². The fraction of sp³-hybridized carbons (Fsp3) is 0.862. The largest absolute Gasteiger partial charge is 0.0834 e. The summed E-state index contributed by atoms with van der Waals surface area (Å²) < 4.78 is 0. The van der Waals surface area contributed by atoms with Gasteiger partial charge in [0.05, 0.1) is 0 Å². The van der Waals surface area contributed by atoms with Crippen molar-refractivity contribution in [2.24, 2.45) is 0 Å². The van der Waals surface area contributed by atoms with Crippen LogP contribution in [0.15, 0.2) is 23.5 Å². The molecule has 0 nitrogen and oxygen atoms in total. The van der Waals surface area contributed by atoms with Crippen LogP contribution in [0.25, 0.3) is 0 Å². The highest BCUT2D eigenvalue weighted by Crippen LogP contribution is 2.76. The standard InChI is InChI=1S/C29H56P2/c1-13-20-26(5,6)30(27(7,8)21-14-2)24-18-17-19-25(24)31(28(9,10)22-15-3)29(11,12)23-16-4/h17-19,24H,13-16,20-23H2,1-12H3. The van der Waals surface area contributed by atoms with E-state index in [0.717, 1.165) is 0 Å². The van der Waals surface area contributed by atoms with Crippen molar-refractivity contribution in [2.75, 3.05) is 0 Å². The minimum atomic E-state index is -0.230. The fourth-order valence-corrected chi connectivity index (χ4v) is 16.8. The molecule has 0 aromatic carbocycles. The smallest absolute Gasteiger partial charge is 0.0238 e. The van der Waals surface area contributed by atoms with Gasteiger partial charge < -0.3 is 0 Å². The van der Waals surface area contributed by atoms with Gasteiger partial charge in [-0.1, -0.05) is 143 Å². The van der Waals surface area contributed by atoms with Gasteiger partial charge in [-0.15, -0.1) is 0 Å². The van der Waals surface area contributed by atoms with Gasteiger partial charge >= 0.3 is 0 Å². The van der Waals surface area contributed by atoms with Gasteiger partial charge in [0.15, 0.2) is 0 Å². The van der Waals surface area contributed by atoms with Crippen molar-refractivity contribution < 1.29 is 0 Å². The second-order valence-electron chi connectivity index (χ2n) is 12.4. The number of hydrogen-bond donors (Lipinski definition) is 0. The molecule has 1 rings (SSSR count). The fourth-order valence-electron chi connectivity index (χ4n) is 6.88. The molecule has 0 heterocycles. The normalized spacial score (nSPS) is 18.4. The molecule has 31 heavy (non-hydrogen) atoms. The van der Waals surface area contributed by atoms with Gasteiger partial charge in [-0.25, -0.2) is 0 Å². The Morgan fingerprint density at radius 3 is 1.32 bits per heavy atom. The van der Waals surface area contributed by atoms with E-state index in [1.54, 1.807) is 0 Å². The molecule has 1 aliphatic rings. The summed E-state index contributed by atoms with van der Waals surface area (Å²) in [5.74, 6) is 0. The Morgan fingerprint density at radius 2 is 0.968 bits per heavy atom. The first-order valence-corrected chi connectivity index (χ1v) is 15.9. The van der Waals surface area contributed by atoms with Crippen LogP contribution in [0.3, 0.4) is 0 Å². The van der Waals surface area contributed by atoms with Gasteiger partial charge in [0, 0.05) is 5.66 Å². The van der Waals surface area contributed by atoms with E-state index in [-0.39, 0.29) is 15.8 Å². The summed E-state index contributed by atoms with van der Waals surface area (Å²) in [5.41, 5.74) is 0.663. The summed E-state index contributed by atoms with van der Waals surface area (Å²) in [4.78, 5) is 0. The maximum atomic E-state index is 2.63. The van der Waals surface area contributed by atoms with Crippen LogP contribution in [0.5, 0.6) is 0 Å². The highest BCUT2D eigenvalue weighted by molar-refractivity contribution is 7.69. The maximum Gasteiger partial charge on any atom is 0.0238 e. The van der Waals surface area contributed by atoms with Gasteiger partial charge in [0.2, 0.25) is 0 Å². The molecule has 1 aliphatic carbocycles. The van der Waals surface area contributed by atoms with E-state index < -0.39 is 0 Å². The zero-order valence-corrected chi connectivity index (χ0v) is 25.1.